The Hall–Kier alpha value is -3.46. The molecule has 5 aromatic rings. The molecular formula is C22H15N3. The second-order valence-corrected chi connectivity index (χ2v) is 6.01. The van der Waals surface area contributed by atoms with Crippen LogP contribution >= 0.6 is 0 Å². The molecule has 25 heavy (non-hydrogen) atoms. The number of para-hydroxylation sites is 2. The highest BCUT2D eigenvalue weighted by molar-refractivity contribution is 6.10. The largest absolute Gasteiger partial charge is 0.309 e. The highest BCUT2D eigenvalue weighted by atomic mass is 15.0. The monoisotopic (exact) mass is 321 g/mol. The number of rotatable bonds is 2. The van der Waals surface area contributed by atoms with Crippen LogP contribution < -0.4 is 0 Å². The fourth-order valence-electron chi connectivity index (χ4n) is 3.45. The lowest BCUT2D eigenvalue weighted by Gasteiger charge is -2.07. The van der Waals surface area contributed by atoms with Crippen LogP contribution in [0.2, 0.25) is 0 Å². The van der Waals surface area contributed by atoms with Gasteiger partial charge in [0.2, 0.25) is 0 Å². The molecule has 0 bridgehead atoms. The van der Waals surface area contributed by atoms with Crippen LogP contribution in [-0.4, -0.2) is 14.5 Å². The van der Waals surface area contributed by atoms with Crippen molar-refractivity contribution in [1.29, 1.82) is 0 Å². The molecule has 3 aromatic carbocycles. The molecule has 0 aliphatic rings. The Kier molecular flexibility index (Phi) is 3.10. The zero-order chi connectivity index (χ0) is 16.6. The smallest absolute Gasteiger partial charge is 0.116 e. The van der Waals surface area contributed by atoms with Crippen LogP contribution in [0.25, 0.3) is 38.8 Å². The van der Waals surface area contributed by atoms with E-state index in [4.69, 9.17) is 0 Å². The van der Waals surface area contributed by atoms with E-state index in [1.807, 2.05) is 12.1 Å². The Morgan fingerprint density at radius 3 is 2.32 bits per heavy atom. The minimum atomic E-state index is 0.938. The Morgan fingerprint density at radius 2 is 1.48 bits per heavy atom. The molecule has 0 aliphatic heterocycles. The van der Waals surface area contributed by atoms with Crippen LogP contribution in [0, 0.1) is 0 Å². The lowest BCUT2D eigenvalue weighted by atomic mass is 10.1. The van der Waals surface area contributed by atoms with Gasteiger partial charge in [0.15, 0.2) is 0 Å². The molecule has 0 spiro atoms. The van der Waals surface area contributed by atoms with Gasteiger partial charge in [0.25, 0.3) is 0 Å². The summed E-state index contributed by atoms with van der Waals surface area (Å²) in [6.45, 7) is 0. The first-order valence-corrected chi connectivity index (χ1v) is 8.27. The van der Waals surface area contributed by atoms with Crippen molar-refractivity contribution in [3.05, 3.63) is 91.4 Å². The summed E-state index contributed by atoms with van der Waals surface area (Å²) < 4.78 is 2.31. The van der Waals surface area contributed by atoms with Crippen LogP contribution in [0.5, 0.6) is 0 Å². The average Bonchev–Trinajstić information content (AvgIpc) is 3.03. The van der Waals surface area contributed by atoms with Crippen LogP contribution in [0.15, 0.2) is 91.4 Å². The Labute approximate surface area is 145 Å². The molecule has 0 saturated heterocycles. The van der Waals surface area contributed by atoms with Crippen molar-refractivity contribution in [3.63, 3.8) is 0 Å². The van der Waals surface area contributed by atoms with E-state index in [1.165, 1.54) is 27.5 Å². The van der Waals surface area contributed by atoms with Gasteiger partial charge in [-0.25, -0.2) is 9.97 Å². The van der Waals surface area contributed by atoms with Gasteiger partial charge in [0.05, 0.1) is 16.7 Å². The molecule has 0 fully saturated rings. The molecule has 3 nitrogen and oxygen atoms in total. The highest BCUT2D eigenvalue weighted by Crippen LogP contribution is 2.34. The molecule has 0 radical (unpaired) electrons. The predicted octanol–water partition coefficient (Wildman–Crippen LogP) is 5.24. The van der Waals surface area contributed by atoms with Gasteiger partial charge in [0.1, 0.15) is 6.33 Å². The van der Waals surface area contributed by atoms with Gasteiger partial charge in [-0.2, -0.15) is 0 Å². The number of fused-ring (bicyclic) bond motifs is 3. The molecule has 5 rings (SSSR count). The Bertz CT molecular complexity index is 1180. The summed E-state index contributed by atoms with van der Waals surface area (Å²) in [4.78, 5) is 8.39. The molecule has 2 heterocycles. The maximum Gasteiger partial charge on any atom is 0.116 e. The second-order valence-electron chi connectivity index (χ2n) is 6.01. The summed E-state index contributed by atoms with van der Waals surface area (Å²) in [5.41, 5.74) is 5.62. The van der Waals surface area contributed by atoms with Gasteiger partial charge in [-0.1, -0.05) is 42.5 Å². The third-order valence-electron chi connectivity index (χ3n) is 4.56. The maximum absolute atomic E-state index is 4.38. The van der Waals surface area contributed by atoms with Crippen molar-refractivity contribution in [2.45, 2.75) is 0 Å². The molecule has 0 unspecified atom stereocenters. The lowest BCUT2D eigenvalue weighted by molar-refractivity contribution is 1.17. The maximum atomic E-state index is 4.38. The van der Waals surface area contributed by atoms with E-state index in [0.29, 0.717) is 0 Å². The zero-order valence-electron chi connectivity index (χ0n) is 13.5. The van der Waals surface area contributed by atoms with Crippen molar-refractivity contribution in [2.24, 2.45) is 0 Å². The zero-order valence-corrected chi connectivity index (χ0v) is 13.5. The Morgan fingerprint density at radius 1 is 0.680 bits per heavy atom. The van der Waals surface area contributed by atoms with Crippen molar-refractivity contribution in [2.75, 3.05) is 0 Å². The van der Waals surface area contributed by atoms with Crippen molar-refractivity contribution >= 4 is 21.8 Å². The summed E-state index contributed by atoms with van der Waals surface area (Å²) >= 11 is 0. The number of benzene rings is 3. The molecule has 0 amide bonds. The van der Waals surface area contributed by atoms with E-state index in [-0.39, 0.29) is 0 Å². The van der Waals surface area contributed by atoms with Crippen LogP contribution in [0.4, 0.5) is 0 Å². The van der Waals surface area contributed by atoms with Crippen LogP contribution in [-0.2, 0) is 0 Å². The van der Waals surface area contributed by atoms with E-state index >= 15 is 0 Å². The predicted molar refractivity (Wildman–Crippen MR) is 102 cm³/mol. The van der Waals surface area contributed by atoms with Crippen LogP contribution in [0.3, 0.4) is 0 Å². The first-order chi connectivity index (χ1) is 12.4. The van der Waals surface area contributed by atoms with Crippen molar-refractivity contribution < 1.29 is 0 Å². The topological polar surface area (TPSA) is 30.7 Å². The summed E-state index contributed by atoms with van der Waals surface area (Å²) in [7, 11) is 0. The van der Waals surface area contributed by atoms with Gasteiger partial charge in [-0.15, -0.1) is 0 Å². The molecule has 0 atom stereocenters. The van der Waals surface area contributed by atoms with Gasteiger partial charge in [-0.3, -0.25) is 0 Å². The number of hydrogen-bond acceptors (Lipinski definition) is 2. The third kappa shape index (κ3) is 2.21. The molecule has 0 aliphatic carbocycles. The summed E-state index contributed by atoms with van der Waals surface area (Å²) in [5, 5.41) is 2.48. The van der Waals surface area contributed by atoms with E-state index in [1.54, 1.807) is 12.5 Å². The highest BCUT2D eigenvalue weighted by Gasteiger charge is 2.12. The van der Waals surface area contributed by atoms with Gasteiger partial charge < -0.3 is 4.57 Å². The fraction of sp³-hybridized carbons (Fsp3) is 0. The van der Waals surface area contributed by atoms with Crippen molar-refractivity contribution in [3.8, 4) is 16.9 Å². The number of hydrogen-bond donors (Lipinski definition) is 0. The quantitative estimate of drug-likeness (QED) is 0.445. The average molecular weight is 321 g/mol. The molecule has 3 heteroatoms. The summed E-state index contributed by atoms with van der Waals surface area (Å²) in [6, 6.07) is 27.5. The first kappa shape index (κ1) is 13.9. The third-order valence-corrected chi connectivity index (χ3v) is 4.56. The molecule has 0 N–H and O–H groups in total. The molecule has 2 aromatic heterocycles. The van der Waals surface area contributed by atoms with Crippen LogP contribution in [0.1, 0.15) is 0 Å². The minimum absolute atomic E-state index is 0.938. The molecule has 118 valence electrons. The van der Waals surface area contributed by atoms with E-state index < -0.39 is 0 Å². The molecule has 0 saturated carbocycles. The lowest BCUT2D eigenvalue weighted by Crippen LogP contribution is -1.92. The number of nitrogens with zero attached hydrogens (tertiary/aromatic N) is 3. The van der Waals surface area contributed by atoms with Crippen molar-refractivity contribution in [1.82, 2.24) is 14.5 Å². The SMILES string of the molecule is c1ccc(-n2c3ccccc3c3cc(-c4ccncn4)ccc32)cc1. The summed E-state index contributed by atoms with van der Waals surface area (Å²) in [6.07, 6.45) is 3.37. The normalized spacial score (nSPS) is 11.2. The van der Waals surface area contributed by atoms with Gasteiger partial charge in [0, 0.05) is 28.2 Å². The van der Waals surface area contributed by atoms with E-state index in [0.717, 1.165) is 11.3 Å². The minimum Gasteiger partial charge on any atom is -0.309 e. The van der Waals surface area contributed by atoms with E-state index in [9.17, 15) is 0 Å². The summed E-state index contributed by atoms with van der Waals surface area (Å²) in [5.74, 6) is 0. The molecular weight excluding hydrogens is 306 g/mol. The Balaban J connectivity index is 1.86. The first-order valence-electron chi connectivity index (χ1n) is 8.27. The second kappa shape index (κ2) is 5.56. The number of aromatic nitrogens is 3. The van der Waals surface area contributed by atoms with Gasteiger partial charge in [-0.05, 0) is 36.4 Å². The fourth-order valence-corrected chi connectivity index (χ4v) is 3.45. The van der Waals surface area contributed by atoms with Gasteiger partial charge >= 0.3 is 0 Å². The standard InChI is InChI=1S/C22H15N3/c1-2-6-17(7-3-1)25-21-9-5-4-8-18(21)19-14-16(10-11-22(19)25)20-12-13-23-15-24-20/h1-15H. The van der Waals surface area contributed by atoms with E-state index in [2.05, 4.69) is 81.3 Å².